The van der Waals surface area contributed by atoms with Crippen molar-refractivity contribution in [1.82, 2.24) is 4.98 Å². The maximum absolute atomic E-state index is 13.5. The smallest absolute Gasteiger partial charge is 0.125 e. The van der Waals surface area contributed by atoms with Crippen LogP contribution in [-0.2, 0) is 0 Å². The van der Waals surface area contributed by atoms with Crippen LogP contribution in [-0.4, -0.2) is 10.1 Å². The summed E-state index contributed by atoms with van der Waals surface area (Å²) in [4.78, 5) is 4.16. The van der Waals surface area contributed by atoms with Crippen molar-refractivity contribution in [2.75, 3.05) is 0 Å². The van der Waals surface area contributed by atoms with Gasteiger partial charge in [-0.25, -0.2) is 4.39 Å². The fraction of sp³-hybridized carbons (Fsp3) is 0. The molecule has 0 bridgehead atoms. The van der Waals surface area contributed by atoms with E-state index in [0.29, 0.717) is 22.0 Å². The first-order chi connectivity index (χ1) is 10.6. The Hall–Kier alpha value is -3.44. The van der Waals surface area contributed by atoms with Gasteiger partial charge in [-0.3, -0.25) is 4.98 Å². The molecule has 1 N–H and O–H groups in total. The topological polar surface area (TPSA) is 80.7 Å². The molecule has 5 heteroatoms. The van der Waals surface area contributed by atoms with Crippen LogP contribution in [0, 0.1) is 28.5 Å². The van der Waals surface area contributed by atoms with E-state index in [4.69, 9.17) is 0 Å². The fourth-order valence-corrected chi connectivity index (χ4v) is 2.43. The van der Waals surface area contributed by atoms with Crippen molar-refractivity contribution >= 4 is 10.9 Å². The molecule has 0 saturated carbocycles. The number of phenolic OH excluding ortho intramolecular Hbond substituents is 1. The van der Waals surface area contributed by atoms with Gasteiger partial charge in [0, 0.05) is 23.2 Å². The molecule has 0 saturated heterocycles. The van der Waals surface area contributed by atoms with Crippen LogP contribution in [0.4, 0.5) is 4.39 Å². The third kappa shape index (κ3) is 2.11. The van der Waals surface area contributed by atoms with Gasteiger partial charge in [0.2, 0.25) is 0 Å². The van der Waals surface area contributed by atoms with Crippen LogP contribution in [0.25, 0.3) is 22.0 Å². The summed E-state index contributed by atoms with van der Waals surface area (Å²) in [5, 5.41) is 28.7. The van der Waals surface area contributed by atoms with Gasteiger partial charge >= 0.3 is 0 Å². The van der Waals surface area contributed by atoms with E-state index in [2.05, 4.69) is 4.98 Å². The number of pyridine rings is 1. The Kier molecular flexibility index (Phi) is 3.17. The van der Waals surface area contributed by atoms with Crippen molar-refractivity contribution in [3.05, 3.63) is 59.5 Å². The summed E-state index contributed by atoms with van der Waals surface area (Å²) in [6.45, 7) is 0. The highest BCUT2D eigenvalue weighted by Crippen LogP contribution is 2.34. The molecule has 0 spiro atoms. The van der Waals surface area contributed by atoms with E-state index < -0.39 is 5.82 Å². The van der Waals surface area contributed by atoms with Crippen molar-refractivity contribution < 1.29 is 9.50 Å². The monoisotopic (exact) mass is 289 g/mol. The largest absolute Gasteiger partial charge is 0.508 e. The Labute approximate surface area is 125 Å². The van der Waals surface area contributed by atoms with Crippen molar-refractivity contribution in [3.8, 4) is 29.0 Å². The van der Waals surface area contributed by atoms with E-state index >= 15 is 0 Å². The van der Waals surface area contributed by atoms with Crippen LogP contribution in [0.1, 0.15) is 11.1 Å². The first-order valence-electron chi connectivity index (χ1n) is 6.36. The molecule has 0 fully saturated rings. The highest BCUT2D eigenvalue weighted by Gasteiger charge is 2.16. The Balaban J connectivity index is 2.43. The molecule has 2 aromatic carbocycles. The summed E-state index contributed by atoms with van der Waals surface area (Å²) in [7, 11) is 0. The third-order valence-electron chi connectivity index (χ3n) is 3.34. The molecule has 0 amide bonds. The highest BCUT2D eigenvalue weighted by molar-refractivity contribution is 5.97. The predicted molar refractivity (Wildman–Crippen MR) is 78.2 cm³/mol. The zero-order valence-corrected chi connectivity index (χ0v) is 11.2. The number of halogens is 1. The minimum Gasteiger partial charge on any atom is -0.508 e. The molecule has 1 aromatic heterocycles. The molecule has 1 heterocycles. The van der Waals surface area contributed by atoms with E-state index in [0.717, 1.165) is 12.1 Å². The maximum Gasteiger partial charge on any atom is 0.125 e. The minimum atomic E-state index is -0.632. The number of hydrogen-bond donors (Lipinski definition) is 1. The lowest BCUT2D eigenvalue weighted by Crippen LogP contribution is -1.94. The fourth-order valence-electron chi connectivity index (χ4n) is 2.43. The van der Waals surface area contributed by atoms with E-state index in [-0.39, 0.29) is 16.9 Å². The number of nitriles is 2. The van der Waals surface area contributed by atoms with Crippen LogP contribution in [0.2, 0.25) is 0 Å². The van der Waals surface area contributed by atoms with E-state index in [1.807, 2.05) is 12.1 Å². The normalized spacial score (nSPS) is 10.1. The summed E-state index contributed by atoms with van der Waals surface area (Å²) in [6.07, 6.45) is 1.52. The number of aromatic nitrogens is 1. The van der Waals surface area contributed by atoms with Crippen LogP contribution < -0.4 is 0 Å². The van der Waals surface area contributed by atoms with Crippen LogP contribution in [0.15, 0.2) is 42.6 Å². The second-order valence-electron chi connectivity index (χ2n) is 4.66. The summed E-state index contributed by atoms with van der Waals surface area (Å²) < 4.78 is 13.5. The zero-order chi connectivity index (χ0) is 15.7. The van der Waals surface area contributed by atoms with Gasteiger partial charge in [0.15, 0.2) is 0 Å². The van der Waals surface area contributed by atoms with Crippen molar-refractivity contribution in [2.45, 2.75) is 0 Å². The number of benzene rings is 2. The first kappa shape index (κ1) is 13.5. The summed E-state index contributed by atoms with van der Waals surface area (Å²) in [5.41, 5.74) is 1.64. The molecule has 0 aliphatic rings. The quantitative estimate of drug-likeness (QED) is 0.743. The maximum atomic E-state index is 13.5. The van der Waals surface area contributed by atoms with Gasteiger partial charge in [0.05, 0.1) is 28.8 Å². The van der Waals surface area contributed by atoms with E-state index in [1.54, 1.807) is 12.1 Å². The standard InChI is InChI=1S/C17H8FN3O/c18-12-5-10(8-19)17(11(6-12)9-20)15-3-4-21-16-7-13(22)1-2-14(15)16/h1-7,22H. The highest BCUT2D eigenvalue weighted by atomic mass is 19.1. The Morgan fingerprint density at radius 2 is 1.68 bits per heavy atom. The van der Waals surface area contributed by atoms with Gasteiger partial charge in [-0.2, -0.15) is 10.5 Å². The SMILES string of the molecule is N#Cc1cc(F)cc(C#N)c1-c1ccnc2cc(O)ccc12. The van der Waals surface area contributed by atoms with Gasteiger partial charge in [-0.15, -0.1) is 0 Å². The lowest BCUT2D eigenvalue weighted by Gasteiger charge is -2.10. The minimum absolute atomic E-state index is 0.0669. The summed E-state index contributed by atoms with van der Waals surface area (Å²) in [5.74, 6) is -0.565. The van der Waals surface area contributed by atoms with Crippen molar-refractivity contribution in [3.63, 3.8) is 0 Å². The first-order valence-corrected chi connectivity index (χ1v) is 6.36. The molecule has 3 aromatic rings. The van der Waals surface area contributed by atoms with Gasteiger partial charge in [0.1, 0.15) is 11.6 Å². The van der Waals surface area contributed by atoms with Gasteiger partial charge < -0.3 is 5.11 Å². The van der Waals surface area contributed by atoms with E-state index in [9.17, 15) is 20.0 Å². The number of nitrogens with zero attached hydrogens (tertiary/aromatic N) is 3. The molecule has 0 aliphatic heterocycles. The molecule has 4 nitrogen and oxygen atoms in total. The third-order valence-corrected chi connectivity index (χ3v) is 3.34. The molecular formula is C17H8FN3O. The van der Waals surface area contributed by atoms with Crippen LogP contribution in [0.3, 0.4) is 0 Å². The molecule has 0 unspecified atom stereocenters. The number of phenols is 1. The lowest BCUT2D eigenvalue weighted by molar-refractivity contribution is 0.476. The lowest BCUT2D eigenvalue weighted by atomic mass is 9.93. The molecule has 0 atom stereocenters. The number of hydrogen-bond acceptors (Lipinski definition) is 4. The van der Waals surface area contributed by atoms with Gasteiger partial charge in [-0.05, 0) is 35.9 Å². The average molecular weight is 289 g/mol. The second-order valence-corrected chi connectivity index (χ2v) is 4.66. The number of fused-ring (bicyclic) bond motifs is 1. The molecule has 22 heavy (non-hydrogen) atoms. The zero-order valence-electron chi connectivity index (χ0n) is 11.2. The second kappa shape index (κ2) is 5.16. The Bertz CT molecular complexity index is 948. The van der Waals surface area contributed by atoms with Crippen molar-refractivity contribution in [1.29, 1.82) is 10.5 Å². The Morgan fingerprint density at radius 1 is 1.00 bits per heavy atom. The molecular weight excluding hydrogens is 281 g/mol. The average Bonchev–Trinajstić information content (AvgIpc) is 2.53. The number of aromatic hydroxyl groups is 1. The summed E-state index contributed by atoms with van der Waals surface area (Å²) in [6, 6.07) is 12.3. The molecule has 0 radical (unpaired) electrons. The Morgan fingerprint density at radius 3 is 2.32 bits per heavy atom. The van der Waals surface area contributed by atoms with Crippen LogP contribution >= 0.6 is 0 Å². The van der Waals surface area contributed by atoms with Crippen molar-refractivity contribution in [2.24, 2.45) is 0 Å². The molecule has 3 rings (SSSR count). The number of rotatable bonds is 1. The van der Waals surface area contributed by atoms with Crippen LogP contribution in [0.5, 0.6) is 5.75 Å². The van der Waals surface area contributed by atoms with Gasteiger partial charge in [0.25, 0.3) is 0 Å². The predicted octanol–water partition coefficient (Wildman–Crippen LogP) is 3.49. The van der Waals surface area contributed by atoms with Gasteiger partial charge in [-0.1, -0.05) is 0 Å². The van der Waals surface area contributed by atoms with E-state index in [1.165, 1.54) is 18.3 Å². The summed E-state index contributed by atoms with van der Waals surface area (Å²) >= 11 is 0. The molecule has 104 valence electrons. The molecule has 0 aliphatic carbocycles.